The van der Waals surface area contributed by atoms with Crippen LogP contribution in [0.3, 0.4) is 0 Å². The van der Waals surface area contributed by atoms with Gasteiger partial charge in [-0.1, -0.05) is 6.92 Å². The fraction of sp³-hybridized carbons (Fsp3) is 0.833. The molecule has 0 radical (unpaired) electrons. The van der Waals surface area contributed by atoms with Gasteiger partial charge in [0, 0.05) is 19.6 Å². The van der Waals surface area contributed by atoms with Crippen LogP contribution in [0, 0.1) is 17.8 Å². The summed E-state index contributed by atoms with van der Waals surface area (Å²) < 4.78 is 0. The number of aliphatic carboxylic acids is 1. The van der Waals surface area contributed by atoms with E-state index in [2.05, 4.69) is 5.32 Å². The normalized spacial score (nSPS) is 22.9. The van der Waals surface area contributed by atoms with Gasteiger partial charge in [0.2, 0.25) is 5.91 Å². The van der Waals surface area contributed by atoms with Crippen LogP contribution in [0.2, 0.25) is 0 Å². The zero-order valence-corrected chi connectivity index (χ0v) is 10.2. The molecular weight excluding hydrogens is 220 g/mol. The molecule has 1 aliphatic heterocycles. The fourth-order valence-corrected chi connectivity index (χ4v) is 2.10. The molecule has 17 heavy (non-hydrogen) atoms. The minimum Gasteiger partial charge on any atom is -0.481 e. The average molecular weight is 240 g/mol. The summed E-state index contributed by atoms with van der Waals surface area (Å²) in [7, 11) is 0. The van der Waals surface area contributed by atoms with E-state index in [0.29, 0.717) is 12.5 Å². The summed E-state index contributed by atoms with van der Waals surface area (Å²) in [4.78, 5) is 24.3. The van der Waals surface area contributed by atoms with Gasteiger partial charge >= 0.3 is 5.97 Å². The second-order valence-corrected chi connectivity index (χ2v) is 5.33. The second kappa shape index (κ2) is 5.04. The highest BCUT2D eigenvalue weighted by Crippen LogP contribution is 2.27. The summed E-state index contributed by atoms with van der Waals surface area (Å²) in [6, 6.07) is 0. The zero-order chi connectivity index (χ0) is 12.4. The number of hydrogen-bond donors (Lipinski definition) is 2. The quantitative estimate of drug-likeness (QED) is 0.694. The number of carboxylic acid groups (broad SMARTS) is 1. The number of rotatable bonds is 6. The number of nitrogens with zero attached hydrogens (tertiary/aromatic N) is 1. The third-order valence-electron chi connectivity index (χ3n) is 3.73. The van der Waals surface area contributed by atoms with Crippen molar-refractivity contribution in [1.29, 1.82) is 0 Å². The summed E-state index contributed by atoms with van der Waals surface area (Å²) in [5, 5.41) is 11.8. The van der Waals surface area contributed by atoms with E-state index in [1.165, 1.54) is 12.8 Å². The molecular formula is C12H20N2O3. The maximum atomic E-state index is 11.5. The van der Waals surface area contributed by atoms with Crippen molar-refractivity contribution in [3.05, 3.63) is 0 Å². The summed E-state index contributed by atoms with van der Waals surface area (Å²) in [6.45, 7) is 4.41. The number of carbonyl (C=O) groups excluding carboxylic acids is 1. The molecule has 2 rings (SSSR count). The van der Waals surface area contributed by atoms with Crippen LogP contribution in [0.25, 0.3) is 0 Å². The Labute approximate surface area is 101 Å². The maximum Gasteiger partial charge on any atom is 0.306 e. The lowest BCUT2D eigenvalue weighted by Gasteiger charge is -2.40. The lowest BCUT2D eigenvalue weighted by Crippen LogP contribution is -2.54. The van der Waals surface area contributed by atoms with E-state index in [4.69, 9.17) is 5.11 Å². The molecule has 0 bridgehead atoms. The molecule has 1 unspecified atom stereocenters. The molecule has 5 heteroatoms. The molecule has 96 valence electrons. The molecule has 1 saturated carbocycles. The van der Waals surface area contributed by atoms with Gasteiger partial charge in [-0.3, -0.25) is 14.5 Å². The molecule has 0 aromatic carbocycles. The Balaban J connectivity index is 1.59. The lowest BCUT2D eigenvalue weighted by molar-refractivity contribution is -0.145. The molecule has 1 amide bonds. The maximum absolute atomic E-state index is 11.5. The predicted octanol–water partition coefficient (Wildman–Crippen LogP) is 0.165. The van der Waals surface area contributed by atoms with Crippen molar-refractivity contribution < 1.29 is 14.7 Å². The smallest absolute Gasteiger partial charge is 0.306 e. The molecule has 1 aliphatic carbocycles. The average Bonchev–Trinajstić information content (AvgIpc) is 3.02. The number of nitrogens with one attached hydrogen (secondary N) is 1. The Morgan fingerprint density at radius 3 is 2.59 bits per heavy atom. The van der Waals surface area contributed by atoms with Gasteiger partial charge in [0.05, 0.1) is 12.5 Å². The molecule has 1 heterocycles. The van der Waals surface area contributed by atoms with Crippen molar-refractivity contribution in [2.75, 3.05) is 26.2 Å². The van der Waals surface area contributed by atoms with Gasteiger partial charge in [-0.05, 0) is 24.7 Å². The van der Waals surface area contributed by atoms with E-state index in [0.717, 1.165) is 19.6 Å². The second-order valence-electron chi connectivity index (χ2n) is 5.33. The van der Waals surface area contributed by atoms with Crippen molar-refractivity contribution in [1.82, 2.24) is 10.2 Å². The molecule has 0 aromatic rings. The molecule has 5 nitrogen and oxygen atoms in total. The molecule has 1 saturated heterocycles. The third kappa shape index (κ3) is 3.43. The van der Waals surface area contributed by atoms with E-state index >= 15 is 0 Å². The van der Waals surface area contributed by atoms with E-state index in [1.807, 2.05) is 4.90 Å². The highest BCUT2D eigenvalue weighted by Gasteiger charge is 2.35. The lowest BCUT2D eigenvalue weighted by atomic mass is 9.87. The molecule has 0 aromatic heterocycles. The topological polar surface area (TPSA) is 69.6 Å². The van der Waals surface area contributed by atoms with Crippen LogP contribution in [0.1, 0.15) is 19.8 Å². The van der Waals surface area contributed by atoms with Gasteiger partial charge in [0.1, 0.15) is 0 Å². The Bertz CT molecular complexity index is 309. The van der Waals surface area contributed by atoms with Crippen molar-refractivity contribution in [2.45, 2.75) is 19.8 Å². The fourth-order valence-electron chi connectivity index (χ4n) is 2.10. The Morgan fingerprint density at radius 1 is 1.41 bits per heavy atom. The molecule has 2 N–H and O–H groups in total. The Morgan fingerprint density at radius 2 is 2.06 bits per heavy atom. The van der Waals surface area contributed by atoms with Crippen LogP contribution in [0.5, 0.6) is 0 Å². The SMILES string of the molecule is CC(C(=O)O)C1CN(CC(=O)NCC2CC2)C1. The van der Waals surface area contributed by atoms with E-state index < -0.39 is 5.97 Å². The highest BCUT2D eigenvalue weighted by molar-refractivity contribution is 5.78. The molecule has 2 aliphatic rings. The van der Waals surface area contributed by atoms with E-state index in [1.54, 1.807) is 6.92 Å². The van der Waals surface area contributed by atoms with Crippen LogP contribution in [0.15, 0.2) is 0 Å². The van der Waals surface area contributed by atoms with Gasteiger partial charge in [-0.2, -0.15) is 0 Å². The first kappa shape index (κ1) is 12.4. The Hall–Kier alpha value is -1.10. The number of carbonyl (C=O) groups is 2. The standard InChI is InChI=1S/C12H20N2O3/c1-8(12(16)17)10-5-14(6-10)7-11(15)13-4-9-2-3-9/h8-10H,2-7H2,1H3,(H,13,15)(H,16,17). The monoisotopic (exact) mass is 240 g/mol. The van der Waals surface area contributed by atoms with E-state index in [9.17, 15) is 9.59 Å². The number of amides is 1. The zero-order valence-electron chi connectivity index (χ0n) is 10.2. The largest absolute Gasteiger partial charge is 0.481 e. The summed E-state index contributed by atoms with van der Waals surface area (Å²) >= 11 is 0. The summed E-state index contributed by atoms with van der Waals surface area (Å²) in [5.41, 5.74) is 0. The molecule has 0 spiro atoms. The van der Waals surface area contributed by atoms with Gasteiger partial charge in [-0.25, -0.2) is 0 Å². The van der Waals surface area contributed by atoms with Gasteiger partial charge in [-0.15, -0.1) is 0 Å². The first-order valence-corrected chi connectivity index (χ1v) is 6.28. The van der Waals surface area contributed by atoms with Crippen molar-refractivity contribution in [2.24, 2.45) is 17.8 Å². The van der Waals surface area contributed by atoms with Crippen molar-refractivity contribution in [3.63, 3.8) is 0 Å². The molecule has 1 atom stereocenters. The number of carboxylic acids is 1. The van der Waals surface area contributed by atoms with Gasteiger partial charge in [0.25, 0.3) is 0 Å². The first-order chi connectivity index (χ1) is 8.06. The van der Waals surface area contributed by atoms with Crippen molar-refractivity contribution >= 4 is 11.9 Å². The van der Waals surface area contributed by atoms with E-state index in [-0.39, 0.29) is 17.7 Å². The van der Waals surface area contributed by atoms with Crippen LogP contribution < -0.4 is 5.32 Å². The van der Waals surface area contributed by atoms with Gasteiger partial charge < -0.3 is 10.4 Å². The van der Waals surface area contributed by atoms with Crippen LogP contribution in [-0.2, 0) is 9.59 Å². The van der Waals surface area contributed by atoms with Gasteiger partial charge in [0.15, 0.2) is 0 Å². The third-order valence-corrected chi connectivity index (χ3v) is 3.73. The minimum absolute atomic E-state index is 0.0679. The molecule has 2 fully saturated rings. The first-order valence-electron chi connectivity index (χ1n) is 6.28. The van der Waals surface area contributed by atoms with Crippen molar-refractivity contribution in [3.8, 4) is 0 Å². The number of likely N-dealkylation sites (tertiary alicyclic amines) is 1. The summed E-state index contributed by atoms with van der Waals surface area (Å²) in [5.74, 6) is -0.0780. The number of hydrogen-bond acceptors (Lipinski definition) is 3. The van der Waals surface area contributed by atoms with Crippen LogP contribution >= 0.6 is 0 Å². The predicted molar refractivity (Wildman–Crippen MR) is 62.5 cm³/mol. The van der Waals surface area contributed by atoms with Crippen LogP contribution in [0.4, 0.5) is 0 Å². The minimum atomic E-state index is -0.743. The highest BCUT2D eigenvalue weighted by atomic mass is 16.4. The summed E-state index contributed by atoms with van der Waals surface area (Å²) in [6.07, 6.45) is 2.48. The van der Waals surface area contributed by atoms with Crippen LogP contribution in [-0.4, -0.2) is 48.1 Å². The Kier molecular flexibility index (Phi) is 3.66.